The van der Waals surface area contributed by atoms with Crippen LogP contribution in [0.25, 0.3) is 22.3 Å². The summed E-state index contributed by atoms with van der Waals surface area (Å²) in [6.07, 6.45) is 5.37. The first-order valence-electron chi connectivity index (χ1n) is 14.1. The van der Waals surface area contributed by atoms with Gasteiger partial charge in [0.1, 0.15) is 16.7 Å². The van der Waals surface area contributed by atoms with E-state index >= 15 is 0 Å². The Morgan fingerprint density at radius 3 is 2.69 bits per heavy atom. The minimum atomic E-state index is 0.225. The van der Waals surface area contributed by atoms with Crippen LogP contribution in [0.1, 0.15) is 62.0 Å². The summed E-state index contributed by atoms with van der Waals surface area (Å²) in [4.78, 5) is 19.9. The molecule has 1 saturated heterocycles. The van der Waals surface area contributed by atoms with Crippen molar-refractivity contribution in [1.82, 2.24) is 25.1 Å². The Labute approximate surface area is 235 Å². The second-order valence-electron chi connectivity index (χ2n) is 12.2. The Morgan fingerprint density at radius 2 is 1.97 bits per heavy atom. The minimum Gasteiger partial charge on any atom is -0.401 e. The van der Waals surface area contributed by atoms with E-state index in [1.807, 2.05) is 0 Å². The molecule has 3 N–H and O–H groups in total. The molecule has 0 atom stereocenters. The Morgan fingerprint density at radius 1 is 1.18 bits per heavy atom. The van der Waals surface area contributed by atoms with Gasteiger partial charge in [0.2, 0.25) is 0 Å². The second-order valence-corrected chi connectivity index (χ2v) is 12.6. The van der Waals surface area contributed by atoms with E-state index in [4.69, 9.17) is 27.3 Å². The third-order valence-corrected chi connectivity index (χ3v) is 8.94. The van der Waals surface area contributed by atoms with E-state index in [1.165, 1.54) is 12.0 Å². The van der Waals surface area contributed by atoms with Crippen molar-refractivity contribution in [3.05, 3.63) is 45.4 Å². The van der Waals surface area contributed by atoms with E-state index in [0.717, 1.165) is 102 Å². The fourth-order valence-corrected chi connectivity index (χ4v) is 6.65. The van der Waals surface area contributed by atoms with Crippen molar-refractivity contribution in [2.75, 3.05) is 31.6 Å². The highest BCUT2D eigenvalue weighted by Crippen LogP contribution is 2.40. The number of nitrogens with two attached hydrogens (primary N) is 1. The molecule has 0 bridgehead atoms. The molecule has 0 unspecified atom stereocenters. The summed E-state index contributed by atoms with van der Waals surface area (Å²) < 4.78 is 0. The van der Waals surface area contributed by atoms with Crippen molar-refractivity contribution in [2.24, 2.45) is 22.1 Å². The molecule has 1 aromatic carbocycles. The number of aromatic amines is 1. The molecule has 3 aromatic rings. The number of aryl methyl sites for hydroxylation is 2. The van der Waals surface area contributed by atoms with Crippen molar-refractivity contribution < 1.29 is 0 Å². The molecule has 3 aliphatic rings. The number of hydrogen-bond acceptors (Lipinski definition) is 6. The SMILES string of the molecule is CN=C(C(Cl)=C(N)C1CC1)N1CCc2nc(-c3c(C)ccc4n[nH]c(C)c34)nc(N3CCCC(C)(C)C3)c2C1. The van der Waals surface area contributed by atoms with Gasteiger partial charge in [-0.15, -0.1) is 0 Å². The quantitative estimate of drug-likeness (QED) is 0.332. The minimum absolute atomic E-state index is 0.225. The Hall–Kier alpha value is -3.13. The number of allylic oxidation sites excluding steroid dienone is 1. The van der Waals surface area contributed by atoms with E-state index in [2.05, 4.69) is 64.8 Å². The van der Waals surface area contributed by atoms with Gasteiger partial charge in [-0.1, -0.05) is 31.5 Å². The molecule has 39 heavy (non-hydrogen) atoms. The van der Waals surface area contributed by atoms with Crippen LogP contribution in [0.3, 0.4) is 0 Å². The maximum absolute atomic E-state index is 6.83. The zero-order valence-electron chi connectivity index (χ0n) is 23.7. The molecule has 1 saturated carbocycles. The van der Waals surface area contributed by atoms with Crippen molar-refractivity contribution in [3.8, 4) is 11.4 Å². The Kier molecular flexibility index (Phi) is 6.57. The summed E-state index contributed by atoms with van der Waals surface area (Å²) in [5.74, 6) is 2.99. The van der Waals surface area contributed by atoms with Gasteiger partial charge < -0.3 is 15.5 Å². The van der Waals surface area contributed by atoms with Crippen molar-refractivity contribution in [1.29, 1.82) is 0 Å². The Bertz CT molecular complexity index is 1500. The normalized spacial score (nSPS) is 20.3. The zero-order chi connectivity index (χ0) is 27.5. The number of amidine groups is 1. The van der Waals surface area contributed by atoms with Crippen LogP contribution in [-0.2, 0) is 13.0 Å². The third-order valence-electron chi connectivity index (χ3n) is 8.55. The van der Waals surface area contributed by atoms with Crippen LogP contribution in [0.5, 0.6) is 0 Å². The average Bonchev–Trinajstić information content (AvgIpc) is 3.70. The molecule has 2 fully saturated rings. The highest BCUT2D eigenvalue weighted by molar-refractivity contribution is 6.43. The summed E-state index contributed by atoms with van der Waals surface area (Å²) in [6.45, 7) is 12.3. The lowest BCUT2D eigenvalue weighted by atomic mass is 9.84. The maximum Gasteiger partial charge on any atom is 0.162 e. The molecule has 8 nitrogen and oxygen atoms in total. The topological polar surface area (TPSA) is 99.3 Å². The highest BCUT2D eigenvalue weighted by Gasteiger charge is 2.34. The summed E-state index contributed by atoms with van der Waals surface area (Å²) in [6, 6.07) is 4.19. The number of H-pyrrole nitrogens is 1. The fourth-order valence-electron chi connectivity index (χ4n) is 6.29. The molecule has 4 heterocycles. The van der Waals surface area contributed by atoms with Crippen LogP contribution in [0.15, 0.2) is 27.9 Å². The molecule has 2 aliphatic heterocycles. The number of fused-ring (bicyclic) bond motifs is 2. The standard InChI is InChI=1S/C30H39ClN8/c1-17-7-10-22-24(18(2)36-37-22)23(17)27-34-21-11-14-38(29(33-5)25(31)26(32)19-8-9-19)15-20(21)28(35-27)39-13-6-12-30(3,4)16-39/h7,10,19H,6,8-9,11-16,32H2,1-5H3,(H,36,37). The van der Waals surface area contributed by atoms with Gasteiger partial charge in [-0.2, -0.15) is 5.10 Å². The van der Waals surface area contributed by atoms with Gasteiger partial charge in [-0.05, 0) is 56.6 Å². The van der Waals surface area contributed by atoms with Crippen molar-refractivity contribution >= 4 is 34.2 Å². The van der Waals surface area contributed by atoms with Crippen molar-refractivity contribution in [2.45, 2.75) is 66.3 Å². The third kappa shape index (κ3) is 4.77. The van der Waals surface area contributed by atoms with Gasteiger partial charge in [0.15, 0.2) is 5.82 Å². The molecule has 9 heteroatoms. The fraction of sp³-hybridized carbons (Fsp3) is 0.533. The van der Waals surface area contributed by atoms with E-state index < -0.39 is 0 Å². The van der Waals surface area contributed by atoms with Crippen LogP contribution in [0.2, 0.25) is 0 Å². The number of nitrogens with zero attached hydrogens (tertiary/aromatic N) is 6. The van der Waals surface area contributed by atoms with Gasteiger partial charge in [0.05, 0.1) is 11.2 Å². The van der Waals surface area contributed by atoms with Crippen LogP contribution >= 0.6 is 11.6 Å². The average molecular weight is 547 g/mol. The predicted molar refractivity (Wildman–Crippen MR) is 159 cm³/mol. The number of benzene rings is 1. The molecule has 0 spiro atoms. The van der Waals surface area contributed by atoms with E-state index in [9.17, 15) is 0 Å². The van der Waals surface area contributed by atoms with Crippen LogP contribution in [-0.4, -0.2) is 57.6 Å². The number of halogens is 1. The maximum atomic E-state index is 6.83. The highest BCUT2D eigenvalue weighted by atomic mass is 35.5. The molecular weight excluding hydrogens is 508 g/mol. The van der Waals surface area contributed by atoms with Crippen LogP contribution in [0, 0.1) is 25.2 Å². The lowest BCUT2D eigenvalue weighted by molar-refractivity contribution is 0.290. The number of aliphatic imine (C=N–C) groups is 1. The van der Waals surface area contributed by atoms with Gasteiger partial charge in [-0.3, -0.25) is 10.1 Å². The predicted octanol–water partition coefficient (Wildman–Crippen LogP) is 5.47. The lowest BCUT2D eigenvalue weighted by Crippen LogP contribution is -2.43. The smallest absolute Gasteiger partial charge is 0.162 e. The summed E-state index contributed by atoms with van der Waals surface area (Å²) in [5, 5.41) is 9.37. The Balaban J connectivity index is 1.47. The van der Waals surface area contributed by atoms with Gasteiger partial charge in [0.25, 0.3) is 0 Å². The van der Waals surface area contributed by atoms with Gasteiger partial charge >= 0.3 is 0 Å². The van der Waals surface area contributed by atoms with Crippen LogP contribution in [0.4, 0.5) is 5.82 Å². The summed E-state index contributed by atoms with van der Waals surface area (Å²) in [5.41, 5.74) is 13.9. The van der Waals surface area contributed by atoms with Gasteiger partial charge in [0, 0.05) is 73.5 Å². The number of rotatable bonds is 4. The first-order valence-corrected chi connectivity index (χ1v) is 14.5. The largest absolute Gasteiger partial charge is 0.401 e. The molecule has 206 valence electrons. The molecule has 0 radical (unpaired) electrons. The number of aromatic nitrogens is 4. The lowest BCUT2D eigenvalue weighted by Gasteiger charge is -2.41. The zero-order valence-corrected chi connectivity index (χ0v) is 24.5. The monoisotopic (exact) mass is 546 g/mol. The summed E-state index contributed by atoms with van der Waals surface area (Å²) >= 11 is 6.83. The van der Waals surface area contributed by atoms with E-state index in [-0.39, 0.29) is 5.41 Å². The summed E-state index contributed by atoms with van der Waals surface area (Å²) in [7, 11) is 1.80. The molecular formula is C30H39ClN8. The number of anilines is 1. The molecule has 6 rings (SSSR count). The van der Waals surface area contributed by atoms with Crippen molar-refractivity contribution in [3.63, 3.8) is 0 Å². The van der Waals surface area contributed by atoms with E-state index in [1.54, 1.807) is 7.05 Å². The number of hydrogen-bond donors (Lipinski definition) is 2. The van der Waals surface area contributed by atoms with Gasteiger partial charge in [-0.25, -0.2) is 9.97 Å². The second kappa shape index (κ2) is 9.81. The molecule has 2 aromatic heterocycles. The number of nitrogens with one attached hydrogen (secondary N) is 1. The molecule has 1 aliphatic carbocycles. The molecule has 0 amide bonds. The first-order chi connectivity index (χ1) is 18.7. The van der Waals surface area contributed by atoms with Crippen LogP contribution < -0.4 is 10.6 Å². The van der Waals surface area contributed by atoms with E-state index in [0.29, 0.717) is 17.5 Å². The first kappa shape index (κ1) is 26.1. The number of piperidine rings is 1.